The molecule has 0 unspecified atom stereocenters. The van der Waals surface area contributed by atoms with Crippen molar-refractivity contribution in [2.75, 3.05) is 13.1 Å². The average Bonchev–Trinajstić information content (AvgIpc) is 3.35. The van der Waals surface area contributed by atoms with Crippen molar-refractivity contribution in [3.63, 3.8) is 0 Å². The van der Waals surface area contributed by atoms with E-state index < -0.39 is 5.82 Å². The number of nitrogens with two attached hydrogens (primary N) is 1. The Balaban J connectivity index is 1.57. The first-order chi connectivity index (χ1) is 14.3. The second kappa shape index (κ2) is 8.22. The van der Waals surface area contributed by atoms with Crippen LogP contribution in [-0.2, 0) is 0 Å². The minimum Gasteiger partial charge on any atom is -0.489 e. The number of carbonyl (C=O) groups excluding carboxylic acids is 1. The predicted molar refractivity (Wildman–Crippen MR) is 113 cm³/mol. The highest BCUT2D eigenvalue weighted by Gasteiger charge is 2.30. The first-order valence-corrected chi connectivity index (χ1v) is 10.5. The zero-order chi connectivity index (χ0) is 21.4. The Morgan fingerprint density at radius 1 is 1.20 bits per heavy atom. The van der Waals surface area contributed by atoms with Gasteiger partial charge in [0, 0.05) is 17.3 Å². The Hall–Kier alpha value is -2.67. The van der Waals surface area contributed by atoms with E-state index >= 15 is 0 Å². The van der Waals surface area contributed by atoms with Crippen molar-refractivity contribution in [3.8, 4) is 5.75 Å². The molecule has 1 aliphatic heterocycles. The van der Waals surface area contributed by atoms with Crippen molar-refractivity contribution in [2.45, 2.75) is 45.6 Å². The predicted octanol–water partition coefficient (Wildman–Crippen LogP) is 4.03. The molecule has 8 heteroatoms. The summed E-state index contributed by atoms with van der Waals surface area (Å²) in [6, 6.07) is 4.04. The maximum atomic E-state index is 13.9. The van der Waals surface area contributed by atoms with Crippen LogP contribution in [0.2, 0.25) is 5.02 Å². The minimum absolute atomic E-state index is 0.0177. The van der Waals surface area contributed by atoms with Crippen molar-refractivity contribution in [1.29, 1.82) is 0 Å². The van der Waals surface area contributed by atoms with E-state index in [1.807, 2.05) is 0 Å². The van der Waals surface area contributed by atoms with E-state index in [4.69, 9.17) is 22.1 Å². The third-order valence-corrected chi connectivity index (χ3v) is 6.15. The van der Waals surface area contributed by atoms with Crippen LogP contribution in [0.5, 0.6) is 5.75 Å². The lowest BCUT2D eigenvalue weighted by Gasteiger charge is -2.20. The summed E-state index contributed by atoms with van der Waals surface area (Å²) in [5.41, 5.74) is 9.12. The smallest absolute Gasteiger partial charge is 0.258 e. The van der Waals surface area contributed by atoms with Crippen molar-refractivity contribution < 1.29 is 13.9 Å². The molecule has 0 saturated heterocycles. The van der Waals surface area contributed by atoms with Gasteiger partial charge in [-0.3, -0.25) is 4.79 Å². The molecule has 158 valence electrons. The highest BCUT2D eigenvalue weighted by molar-refractivity contribution is 6.31. The van der Waals surface area contributed by atoms with Gasteiger partial charge in [0.1, 0.15) is 11.6 Å². The second-order valence-corrected chi connectivity index (χ2v) is 8.24. The fourth-order valence-corrected chi connectivity index (χ4v) is 4.06. The molecule has 0 bridgehead atoms. The molecule has 2 aromatic rings. The SMILES string of the molecule is Cc1nc(C2=C(N)CN(C(=O)c3ccc(F)cc3OC3CCCC3)C2)nc(C)c1Cl. The van der Waals surface area contributed by atoms with E-state index in [1.165, 1.54) is 18.2 Å². The number of nitrogens with zero attached hydrogens (tertiary/aromatic N) is 3. The highest BCUT2D eigenvalue weighted by atomic mass is 35.5. The molecule has 6 nitrogen and oxygen atoms in total. The van der Waals surface area contributed by atoms with E-state index in [2.05, 4.69) is 9.97 Å². The Labute approximate surface area is 179 Å². The van der Waals surface area contributed by atoms with Crippen LogP contribution in [0.3, 0.4) is 0 Å². The van der Waals surface area contributed by atoms with Crippen LogP contribution in [0.15, 0.2) is 23.9 Å². The number of ether oxygens (including phenoxy) is 1. The molecule has 0 atom stereocenters. The van der Waals surface area contributed by atoms with E-state index in [-0.39, 0.29) is 30.9 Å². The number of carbonyl (C=O) groups is 1. The fourth-order valence-electron chi connectivity index (χ4n) is 3.97. The van der Waals surface area contributed by atoms with Crippen LogP contribution in [0, 0.1) is 19.7 Å². The average molecular weight is 431 g/mol. The molecule has 4 rings (SSSR count). The number of aryl methyl sites for hydroxylation is 2. The van der Waals surface area contributed by atoms with Gasteiger partial charge in [-0.15, -0.1) is 0 Å². The van der Waals surface area contributed by atoms with Gasteiger partial charge >= 0.3 is 0 Å². The summed E-state index contributed by atoms with van der Waals surface area (Å²) in [7, 11) is 0. The molecule has 1 amide bonds. The minimum atomic E-state index is -0.431. The first-order valence-electron chi connectivity index (χ1n) is 10.1. The molecule has 2 aliphatic rings. The van der Waals surface area contributed by atoms with Gasteiger partial charge in [-0.2, -0.15) is 0 Å². The van der Waals surface area contributed by atoms with Gasteiger partial charge in [0.2, 0.25) is 0 Å². The van der Waals surface area contributed by atoms with Crippen LogP contribution in [0.25, 0.3) is 5.57 Å². The number of aromatic nitrogens is 2. The summed E-state index contributed by atoms with van der Waals surface area (Å²) in [5.74, 6) is 0.0697. The molecule has 1 aromatic heterocycles. The largest absolute Gasteiger partial charge is 0.489 e. The van der Waals surface area contributed by atoms with Crippen LogP contribution in [0.4, 0.5) is 4.39 Å². The van der Waals surface area contributed by atoms with Crippen LogP contribution in [0.1, 0.15) is 53.3 Å². The number of rotatable bonds is 4. The Bertz CT molecular complexity index is 1010. The molecule has 1 fully saturated rings. The number of amides is 1. The van der Waals surface area contributed by atoms with Crippen LogP contribution < -0.4 is 10.5 Å². The summed E-state index contributed by atoms with van der Waals surface area (Å²) in [5, 5.41) is 0.517. The molecular formula is C22H24ClFN4O2. The number of hydrogen-bond acceptors (Lipinski definition) is 5. The van der Waals surface area contributed by atoms with Gasteiger partial charge in [-0.05, 0) is 51.7 Å². The van der Waals surface area contributed by atoms with Crippen LogP contribution in [-0.4, -0.2) is 40.0 Å². The number of halogens is 2. The summed E-state index contributed by atoms with van der Waals surface area (Å²) in [4.78, 5) is 23.7. The van der Waals surface area contributed by atoms with E-state index in [9.17, 15) is 9.18 Å². The lowest BCUT2D eigenvalue weighted by atomic mass is 10.1. The quantitative estimate of drug-likeness (QED) is 0.791. The monoisotopic (exact) mass is 430 g/mol. The number of hydrogen-bond donors (Lipinski definition) is 1. The molecule has 1 aromatic carbocycles. The second-order valence-electron chi connectivity index (χ2n) is 7.86. The lowest BCUT2D eigenvalue weighted by molar-refractivity contribution is 0.0791. The molecule has 0 radical (unpaired) electrons. The molecule has 1 saturated carbocycles. The fraction of sp³-hybridized carbons (Fsp3) is 0.409. The third-order valence-electron chi connectivity index (χ3n) is 5.61. The first kappa shape index (κ1) is 20.6. The van der Waals surface area contributed by atoms with Crippen molar-refractivity contribution >= 4 is 23.1 Å². The maximum Gasteiger partial charge on any atom is 0.258 e. The zero-order valence-electron chi connectivity index (χ0n) is 17.0. The molecule has 2 heterocycles. The summed E-state index contributed by atoms with van der Waals surface area (Å²) >= 11 is 6.17. The molecule has 2 N–H and O–H groups in total. The summed E-state index contributed by atoms with van der Waals surface area (Å²) in [6.45, 7) is 4.13. The van der Waals surface area contributed by atoms with Gasteiger partial charge < -0.3 is 15.4 Å². The topological polar surface area (TPSA) is 81.3 Å². The van der Waals surface area contributed by atoms with Crippen LogP contribution >= 0.6 is 11.6 Å². The lowest BCUT2D eigenvalue weighted by Crippen LogP contribution is -2.31. The Morgan fingerprint density at radius 3 is 2.53 bits per heavy atom. The van der Waals surface area contributed by atoms with E-state index in [1.54, 1.807) is 18.7 Å². The standard InChI is InChI=1S/C22H24ClFN4O2/c1-12-20(23)13(2)27-21(26-12)17-10-28(11-18(17)25)22(29)16-8-7-14(24)9-19(16)30-15-5-3-4-6-15/h7-9,15H,3-6,10-11,25H2,1-2H3. The van der Waals surface area contributed by atoms with Crippen molar-refractivity contribution in [1.82, 2.24) is 14.9 Å². The van der Waals surface area contributed by atoms with Gasteiger partial charge in [-0.1, -0.05) is 11.6 Å². The summed E-state index contributed by atoms with van der Waals surface area (Å²) < 4.78 is 19.8. The van der Waals surface area contributed by atoms with Crippen molar-refractivity contribution in [3.05, 3.63) is 57.5 Å². The molecule has 30 heavy (non-hydrogen) atoms. The Morgan fingerprint density at radius 2 is 1.87 bits per heavy atom. The van der Waals surface area contributed by atoms with E-state index in [0.717, 1.165) is 25.7 Å². The normalized spacial score (nSPS) is 17.1. The molecule has 0 spiro atoms. The van der Waals surface area contributed by atoms with Gasteiger partial charge in [0.05, 0.1) is 41.2 Å². The van der Waals surface area contributed by atoms with Crippen molar-refractivity contribution in [2.24, 2.45) is 5.73 Å². The Kier molecular flexibility index (Phi) is 5.64. The maximum absolute atomic E-state index is 13.9. The highest BCUT2D eigenvalue weighted by Crippen LogP contribution is 2.31. The molecular weight excluding hydrogens is 407 g/mol. The number of benzene rings is 1. The van der Waals surface area contributed by atoms with E-state index in [0.29, 0.717) is 39.1 Å². The molecule has 1 aliphatic carbocycles. The van der Waals surface area contributed by atoms with Gasteiger partial charge in [0.25, 0.3) is 5.91 Å². The zero-order valence-corrected chi connectivity index (χ0v) is 17.8. The third kappa shape index (κ3) is 3.99. The van der Waals surface area contributed by atoms with Gasteiger partial charge in [-0.25, -0.2) is 14.4 Å². The van der Waals surface area contributed by atoms with Gasteiger partial charge in [0.15, 0.2) is 5.82 Å². The summed E-state index contributed by atoms with van der Waals surface area (Å²) in [6.07, 6.45) is 4.01.